The maximum absolute atomic E-state index is 4.66. The van der Waals surface area contributed by atoms with Gasteiger partial charge in [0.25, 0.3) is 0 Å². The summed E-state index contributed by atoms with van der Waals surface area (Å²) in [6.07, 6.45) is 3.05. The van der Waals surface area contributed by atoms with Crippen molar-refractivity contribution in [1.82, 2.24) is 24.6 Å². The number of hydrogen-bond acceptors (Lipinski definition) is 5. The van der Waals surface area contributed by atoms with Gasteiger partial charge in [-0.05, 0) is 18.4 Å². The quantitative estimate of drug-likeness (QED) is 0.922. The SMILES string of the molecule is CNc1nc(CN2CCC(C)(C)C2)nc2c1cnn2C. The first kappa shape index (κ1) is 13.3. The fourth-order valence-electron chi connectivity index (χ4n) is 2.89. The molecule has 20 heavy (non-hydrogen) atoms. The highest BCUT2D eigenvalue weighted by Gasteiger charge is 2.29. The van der Waals surface area contributed by atoms with Crippen molar-refractivity contribution in [3.63, 3.8) is 0 Å². The van der Waals surface area contributed by atoms with Crippen LogP contribution in [0.1, 0.15) is 26.1 Å². The van der Waals surface area contributed by atoms with Crippen molar-refractivity contribution in [3.05, 3.63) is 12.0 Å². The van der Waals surface area contributed by atoms with Gasteiger partial charge < -0.3 is 5.32 Å². The molecule has 6 nitrogen and oxygen atoms in total. The minimum atomic E-state index is 0.405. The van der Waals surface area contributed by atoms with E-state index in [-0.39, 0.29) is 0 Å². The summed E-state index contributed by atoms with van der Waals surface area (Å²) in [5, 5.41) is 8.38. The third kappa shape index (κ3) is 2.35. The summed E-state index contributed by atoms with van der Waals surface area (Å²) < 4.78 is 1.80. The van der Waals surface area contributed by atoms with Crippen molar-refractivity contribution in [2.24, 2.45) is 12.5 Å². The Kier molecular flexibility index (Phi) is 3.12. The summed E-state index contributed by atoms with van der Waals surface area (Å²) in [6.45, 7) is 7.66. The summed E-state index contributed by atoms with van der Waals surface area (Å²) in [6, 6.07) is 0. The smallest absolute Gasteiger partial charge is 0.163 e. The average Bonchev–Trinajstić information content (AvgIpc) is 2.93. The van der Waals surface area contributed by atoms with Gasteiger partial charge in [0.05, 0.1) is 18.1 Å². The van der Waals surface area contributed by atoms with Gasteiger partial charge in [-0.15, -0.1) is 0 Å². The fraction of sp³-hybridized carbons (Fsp3) is 0.643. The van der Waals surface area contributed by atoms with Crippen LogP contribution in [0.2, 0.25) is 0 Å². The standard InChI is InChI=1S/C14H22N6/c1-14(2)5-6-20(9-14)8-11-17-12(15-3)10-7-16-19(4)13(10)18-11/h7H,5-6,8-9H2,1-4H3,(H,15,17,18). The Labute approximate surface area is 119 Å². The van der Waals surface area contributed by atoms with Crippen molar-refractivity contribution in [3.8, 4) is 0 Å². The van der Waals surface area contributed by atoms with Crippen LogP contribution in [0.5, 0.6) is 0 Å². The second kappa shape index (κ2) is 4.70. The maximum atomic E-state index is 4.66. The van der Waals surface area contributed by atoms with Crippen LogP contribution in [0.15, 0.2) is 6.20 Å². The average molecular weight is 274 g/mol. The van der Waals surface area contributed by atoms with E-state index in [2.05, 4.69) is 39.1 Å². The van der Waals surface area contributed by atoms with Crippen molar-refractivity contribution in [2.75, 3.05) is 25.5 Å². The van der Waals surface area contributed by atoms with Gasteiger partial charge in [-0.2, -0.15) is 5.10 Å². The van der Waals surface area contributed by atoms with E-state index in [1.807, 2.05) is 20.3 Å². The van der Waals surface area contributed by atoms with Crippen LogP contribution >= 0.6 is 0 Å². The van der Waals surface area contributed by atoms with Crippen molar-refractivity contribution in [1.29, 1.82) is 0 Å². The summed E-state index contributed by atoms with van der Waals surface area (Å²) in [5.74, 6) is 1.72. The lowest BCUT2D eigenvalue weighted by Crippen LogP contribution is -2.24. The van der Waals surface area contributed by atoms with Gasteiger partial charge in [0.2, 0.25) is 0 Å². The molecule has 0 saturated carbocycles. The lowest BCUT2D eigenvalue weighted by atomic mass is 9.93. The first-order valence-corrected chi connectivity index (χ1v) is 7.07. The molecule has 0 spiro atoms. The Bertz CT molecular complexity index is 630. The van der Waals surface area contributed by atoms with Gasteiger partial charge in [0.1, 0.15) is 11.6 Å². The molecule has 0 atom stereocenters. The molecule has 108 valence electrons. The fourth-order valence-corrected chi connectivity index (χ4v) is 2.89. The molecular formula is C14H22N6. The number of fused-ring (bicyclic) bond motifs is 1. The van der Waals surface area contributed by atoms with E-state index in [0.717, 1.165) is 42.3 Å². The molecule has 1 aliphatic heterocycles. The van der Waals surface area contributed by atoms with Crippen LogP contribution < -0.4 is 5.32 Å². The second-order valence-corrected chi connectivity index (χ2v) is 6.37. The molecule has 1 saturated heterocycles. The number of aromatic nitrogens is 4. The van der Waals surface area contributed by atoms with Crippen molar-refractivity contribution >= 4 is 16.9 Å². The Morgan fingerprint density at radius 2 is 2.15 bits per heavy atom. The third-order valence-electron chi connectivity index (χ3n) is 4.00. The van der Waals surface area contributed by atoms with E-state index in [1.165, 1.54) is 6.42 Å². The van der Waals surface area contributed by atoms with Crippen molar-refractivity contribution < 1.29 is 0 Å². The molecule has 0 amide bonds. The number of anilines is 1. The molecule has 2 aromatic heterocycles. The molecule has 1 N–H and O–H groups in total. The molecule has 0 aliphatic carbocycles. The van der Waals surface area contributed by atoms with Crippen LogP contribution in [0.25, 0.3) is 11.0 Å². The number of nitrogens with zero attached hydrogens (tertiary/aromatic N) is 5. The highest BCUT2D eigenvalue weighted by atomic mass is 15.3. The predicted octanol–water partition coefficient (Wildman–Crippen LogP) is 1.64. The van der Waals surface area contributed by atoms with Gasteiger partial charge in [-0.1, -0.05) is 13.8 Å². The summed E-state index contributed by atoms with van der Waals surface area (Å²) in [7, 11) is 3.80. The van der Waals surface area contributed by atoms with E-state index < -0.39 is 0 Å². The van der Waals surface area contributed by atoms with Crippen LogP contribution in [0, 0.1) is 5.41 Å². The van der Waals surface area contributed by atoms with E-state index in [4.69, 9.17) is 0 Å². The Balaban J connectivity index is 1.90. The van der Waals surface area contributed by atoms with Crippen molar-refractivity contribution in [2.45, 2.75) is 26.8 Å². The van der Waals surface area contributed by atoms with Crippen LogP contribution in [0.3, 0.4) is 0 Å². The third-order valence-corrected chi connectivity index (χ3v) is 4.00. The Morgan fingerprint density at radius 1 is 1.35 bits per heavy atom. The summed E-state index contributed by atoms with van der Waals surface area (Å²) in [4.78, 5) is 11.7. The number of hydrogen-bond donors (Lipinski definition) is 1. The van der Waals surface area contributed by atoms with Gasteiger partial charge in [0, 0.05) is 20.6 Å². The van der Waals surface area contributed by atoms with Crippen LogP contribution in [-0.2, 0) is 13.6 Å². The van der Waals surface area contributed by atoms with Gasteiger partial charge in [0.15, 0.2) is 5.65 Å². The second-order valence-electron chi connectivity index (χ2n) is 6.37. The van der Waals surface area contributed by atoms with Gasteiger partial charge >= 0.3 is 0 Å². The molecule has 0 aromatic carbocycles. The maximum Gasteiger partial charge on any atom is 0.163 e. The molecule has 1 aliphatic rings. The van der Waals surface area contributed by atoms with Gasteiger partial charge in [-0.3, -0.25) is 9.58 Å². The van der Waals surface area contributed by atoms with E-state index >= 15 is 0 Å². The molecule has 3 heterocycles. The summed E-state index contributed by atoms with van der Waals surface area (Å²) >= 11 is 0. The molecule has 0 unspecified atom stereocenters. The lowest BCUT2D eigenvalue weighted by molar-refractivity contribution is 0.279. The zero-order chi connectivity index (χ0) is 14.3. The molecule has 1 fully saturated rings. The number of nitrogens with one attached hydrogen (secondary N) is 1. The largest absolute Gasteiger partial charge is 0.372 e. The molecule has 2 aromatic rings. The molecular weight excluding hydrogens is 252 g/mol. The monoisotopic (exact) mass is 274 g/mol. The highest BCUT2D eigenvalue weighted by molar-refractivity contribution is 5.86. The van der Waals surface area contributed by atoms with Crippen LogP contribution in [0.4, 0.5) is 5.82 Å². The number of aryl methyl sites for hydroxylation is 1. The molecule has 3 rings (SSSR count). The van der Waals surface area contributed by atoms with Gasteiger partial charge in [-0.25, -0.2) is 9.97 Å². The minimum absolute atomic E-state index is 0.405. The minimum Gasteiger partial charge on any atom is -0.372 e. The number of likely N-dealkylation sites (tertiary alicyclic amines) is 1. The zero-order valence-corrected chi connectivity index (χ0v) is 12.6. The first-order chi connectivity index (χ1) is 9.48. The Hall–Kier alpha value is -1.69. The number of rotatable bonds is 3. The Morgan fingerprint density at radius 3 is 2.80 bits per heavy atom. The molecule has 0 bridgehead atoms. The topological polar surface area (TPSA) is 58.9 Å². The lowest BCUT2D eigenvalue weighted by Gasteiger charge is -2.19. The highest BCUT2D eigenvalue weighted by Crippen LogP contribution is 2.29. The molecule has 0 radical (unpaired) electrons. The van der Waals surface area contributed by atoms with E-state index in [9.17, 15) is 0 Å². The normalized spacial score (nSPS) is 18.8. The zero-order valence-electron chi connectivity index (χ0n) is 12.6. The summed E-state index contributed by atoms with van der Waals surface area (Å²) in [5.41, 5.74) is 1.29. The van der Waals surface area contributed by atoms with E-state index in [0.29, 0.717) is 5.41 Å². The van der Waals surface area contributed by atoms with E-state index in [1.54, 1.807) is 4.68 Å². The predicted molar refractivity (Wildman–Crippen MR) is 79.5 cm³/mol. The first-order valence-electron chi connectivity index (χ1n) is 7.07. The molecule has 6 heteroatoms. The van der Waals surface area contributed by atoms with Crippen LogP contribution in [-0.4, -0.2) is 44.8 Å².